The number of amides is 2. The van der Waals surface area contributed by atoms with E-state index in [1.165, 1.54) is 37.3 Å². The second-order valence-electron chi connectivity index (χ2n) is 5.99. The molecule has 0 saturated carbocycles. The molecule has 9 nitrogen and oxygen atoms in total. The van der Waals surface area contributed by atoms with E-state index in [9.17, 15) is 24.5 Å². The zero-order valence-electron chi connectivity index (χ0n) is 15.4. The number of benzene rings is 1. The van der Waals surface area contributed by atoms with Gasteiger partial charge in [-0.25, -0.2) is 4.79 Å². The first-order valence-corrected chi connectivity index (χ1v) is 9.79. The van der Waals surface area contributed by atoms with E-state index >= 15 is 0 Å². The molecule has 0 aliphatic carbocycles. The maximum Gasteiger partial charge on any atom is 0.328 e. The van der Waals surface area contributed by atoms with Crippen molar-refractivity contribution in [1.29, 1.82) is 0 Å². The van der Waals surface area contributed by atoms with Crippen molar-refractivity contribution in [2.45, 2.75) is 13.0 Å². The van der Waals surface area contributed by atoms with Crippen molar-refractivity contribution < 1.29 is 28.5 Å². The van der Waals surface area contributed by atoms with Crippen molar-refractivity contribution >= 4 is 63.8 Å². The number of imide groups is 1. The van der Waals surface area contributed by atoms with Gasteiger partial charge in [0.1, 0.15) is 22.6 Å². The summed E-state index contributed by atoms with van der Waals surface area (Å²) in [7, 11) is 1.16. The summed E-state index contributed by atoms with van der Waals surface area (Å²) in [5, 5.41) is 10.5. The molecule has 1 aromatic heterocycles. The molecular formula is C18H12Cl2N2O7S. The van der Waals surface area contributed by atoms with Crippen LogP contribution in [0, 0.1) is 10.1 Å². The quantitative estimate of drug-likeness (QED) is 0.265. The van der Waals surface area contributed by atoms with Gasteiger partial charge in [0.2, 0.25) is 0 Å². The molecule has 0 bridgehead atoms. The largest absolute Gasteiger partial charge is 0.467 e. The fraction of sp³-hybridized carbons (Fsp3) is 0.167. The number of furan rings is 1. The maximum absolute atomic E-state index is 12.5. The van der Waals surface area contributed by atoms with Crippen LogP contribution in [0.25, 0.3) is 17.4 Å². The van der Waals surface area contributed by atoms with Crippen molar-refractivity contribution in [2.75, 3.05) is 7.11 Å². The van der Waals surface area contributed by atoms with Gasteiger partial charge in [-0.05, 0) is 36.9 Å². The molecule has 0 N–H and O–H groups in total. The van der Waals surface area contributed by atoms with E-state index < -0.39 is 28.1 Å². The Morgan fingerprint density at radius 3 is 2.63 bits per heavy atom. The summed E-state index contributed by atoms with van der Waals surface area (Å²) < 4.78 is 10.2. The molecule has 0 spiro atoms. The van der Waals surface area contributed by atoms with Gasteiger partial charge in [-0.3, -0.25) is 24.6 Å². The Hall–Kier alpha value is -2.82. The lowest BCUT2D eigenvalue weighted by molar-refractivity contribution is -0.384. The third kappa shape index (κ3) is 4.07. The van der Waals surface area contributed by atoms with Crippen LogP contribution in [0.1, 0.15) is 12.7 Å². The second-order valence-corrected chi connectivity index (χ2v) is 7.80. The maximum atomic E-state index is 12.5. The molecule has 0 radical (unpaired) electrons. The van der Waals surface area contributed by atoms with E-state index in [4.69, 9.17) is 27.6 Å². The van der Waals surface area contributed by atoms with Gasteiger partial charge in [-0.15, -0.1) is 0 Å². The summed E-state index contributed by atoms with van der Waals surface area (Å²) in [6.45, 7) is 1.38. The minimum atomic E-state index is -1.08. The van der Waals surface area contributed by atoms with Gasteiger partial charge in [0.05, 0.1) is 22.0 Å². The number of nitro benzene ring substituents is 1. The van der Waals surface area contributed by atoms with Crippen LogP contribution in [0.5, 0.6) is 0 Å². The predicted molar refractivity (Wildman–Crippen MR) is 110 cm³/mol. The number of ether oxygens (including phenoxy) is 1. The zero-order valence-corrected chi connectivity index (χ0v) is 17.7. The number of carbonyl (C=O) groups excluding carboxylic acids is 3. The zero-order chi connectivity index (χ0) is 22.2. The van der Waals surface area contributed by atoms with E-state index in [1.807, 2.05) is 0 Å². The third-order valence-electron chi connectivity index (χ3n) is 4.15. The number of nitrogens with zero attached hydrogens (tertiary/aromatic N) is 2. The number of nitro groups is 1. The van der Waals surface area contributed by atoms with Crippen LogP contribution in [0.2, 0.25) is 10.0 Å². The number of hydrogen-bond donors (Lipinski definition) is 0. The SMILES string of the molecule is COC(=O)[C@H](C)N1C(=O)S/C(=C/c2ccc(-c3cc([N+](=O)[O-])c(Cl)cc3Cl)o2)C1=O. The Kier molecular flexibility index (Phi) is 6.20. The first-order chi connectivity index (χ1) is 14.1. The molecule has 156 valence electrons. The topological polar surface area (TPSA) is 120 Å². The molecule has 12 heteroatoms. The highest BCUT2D eigenvalue weighted by Crippen LogP contribution is 2.38. The fourth-order valence-corrected chi connectivity index (χ4v) is 4.09. The van der Waals surface area contributed by atoms with Gasteiger partial charge in [0, 0.05) is 17.7 Å². The average molecular weight is 471 g/mol. The Bertz CT molecular complexity index is 1110. The summed E-state index contributed by atoms with van der Waals surface area (Å²) in [6.07, 6.45) is 1.33. The molecule has 0 unspecified atom stereocenters. The van der Waals surface area contributed by atoms with Gasteiger partial charge in [-0.1, -0.05) is 23.2 Å². The van der Waals surface area contributed by atoms with Gasteiger partial charge < -0.3 is 9.15 Å². The molecule has 1 aliphatic rings. The number of rotatable bonds is 5. The molecule has 30 heavy (non-hydrogen) atoms. The predicted octanol–water partition coefficient (Wildman–Crippen LogP) is 4.76. The van der Waals surface area contributed by atoms with Crippen LogP contribution in [0.3, 0.4) is 0 Å². The van der Waals surface area contributed by atoms with Crippen LogP contribution in [-0.2, 0) is 14.3 Å². The summed E-state index contributed by atoms with van der Waals surface area (Å²) >= 11 is 12.6. The molecule has 2 heterocycles. The Balaban J connectivity index is 1.91. The molecule has 2 aromatic rings. The molecule has 2 amide bonds. The smallest absolute Gasteiger partial charge is 0.328 e. The van der Waals surface area contributed by atoms with Crippen molar-refractivity contribution in [2.24, 2.45) is 0 Å². The number of esters is 1. The second kappa shape index (κ2) is 8.50. The Morgan fingerprint density at radius 1 is 1.30 bits per heavy atom. The summed E-state index contributed by atoms with van der Waals surface area (Å²) in [5.41, 5.74) is -0.105. The molecule has 3 rings (SSSR count). The molecule has 1 aliphatic heterocycles. The highest BCUT2D eigenvalue weighted by molar-refractivity contribution is 8.18. The lowest BCUT2D eigenvalue weighted by atomic mass is 10.1. The van der Waals surface area contributed by atoms with Crippen LogP contribution >= 0.6 is 35.0 Å². The van der Waals surface area contributed by atoms with Crippen LogP contribution in [-0.4, -0.2) is 40.1 Å². The highest BCUT2D eigenvalue weighted by atomic mass is 35.5. The van der Waals surface area contributed by atoms with Gasteiger partial charge in [0.15, 0.2) is 0 Å². The Labute approximate surface area is 183 Å². The number of hydrogen-bond acceptors (Lipinski definition) is 8. The first-order valence-electron chi connectivity index (χ1n) is 8.22. The molecule has 1 fully saturated rings. The minimum Gasteiger partial charge on any atom is -0.467 e. The average Bonchev–Trinajstić information content (AvgIpc) is 3.25. The Morgan fingerprint density at radius 2 is 2.00 bits per heavy atom. The van der Waals surface area contributed by atoms with E-state index in [2.05, 4.69) is 4.74 Å². The number of carbonyl (C=O) groups is 3. The van der Waals surface area contributed by atoms with Gasteiger partial charge in [-0.2, -0.15) is 0 Å². The summed E-state index contributed by atoms with van der Waals surface area (Å²) in [5.74, 6) is -0.984. The van der Waals surface area contributed by atoms with Crippen LogP contribution in [0.15, 0.2) is 33.6 Å². The molecule has 1 atom stereocenters. The fourth-order valence-electron chi connectivity index (χ4n) is 2.66. The van der Waals surface area contributed by atoms with Gasteiger partial charge in [0.25, 0.3) is 16.8 Å². The summed E-state index contributed by atoms with van der Waals surface area (Å²) in [4.78, 5) is 47.6. The minimum absolute atomic E-state index is 0.0461. The summed E-state index contributed by atoms with van der Waals surface area (Å²) in [6, 6.07) is 4.35. The van der Waals surface area contributed by atoms with Crippen molar-refractivity contribution in [1.82, 2.24) is 4.90 Å². The van der Waals surface area contributed by atoms with E-state index in [0.717, 1.165) is 12.0 Å². The standard InChI is InChI=1S/C18H12Cl2N2O7S/c1-8(17(24)28-2)21-16(23)15(30-18(21)25)5-9-3-4-14(29-9)10-6-13(22(26)27)12(20)7-11(10)19/h3-8H,1-2H3/b15-5+/t8-/m0/s1. The lowest BCUT2D eigenvalue weighted by Gasteiger charge is -2.18. The van der Waals surface area contributed by atoms with E-state index in [0.29, 0.717) is 11.8 Å². The highest BCUT2D eigenvalue weighted by Gasteiger charge is 2.41. The number of methoxy groups -OCH3 is 1. The molecular weight excluding hydrogens is 459 g/mol. The van der Waals surface area contributed by atoms with Crippen molar-refractivity contribution in [3.8, 4) is 11.3 Å². The normalized spacial score (nSPS) is 16.3. The van der Waals surface area contributed by atoms with Crippen LogP contribution < -0.4 is 0 Å². The van der Waals surface area contributed by atoms with Crippen molar-refractivity contribution in [3.05, 3.63) is 55.1 Å². The van der Waals surface area contributed by atoms with Gasteiger partial charge >= 0.3 is 5.97 Å². The molecule has 1 aromatic carbocycles. The van der Waals surface area contributed by atoms with E-state index in [1.54, 1.807) is 0 Å². The number of thioether (sulfide) groups is 1. The first kappa shape index (κ1) is 21.9. The monoisotopic (exact) mass is 470 g/mol. The van der Waals surface area contributed by atoms with Crippen LogP contribution in [0.4, 0.5) is 10.5 Å². The lowest BCUT2D eigenvalue weighted by Crippen LogP contribution is -2.42. The number of halogens is 2. The third-order valence-corrected chi connectivity index (χ3v) is 5.65. The van der Waals surface area contributed by atoms with Crippen molar-refractivity contribution in [3.63, 3.8) is 0 Å². The molecule has 1 saturated heterocycles. The van der Waals surface area contributed by atoms with E-state index in [-0.39, 0.29) is 37.7 Å².